The van der Waals surface area contributed by atoms with E-state index in [1.54, 1.807) is 0 Å². The third kappa shape index (κ3) is 3.05. The van der Waals surface area contributed by atoms with Gasteiger partial charge in [-0.3, -0.25) is 4.79 Å². The fourth-order valence-electron chi connectivity index (χ4n) is 2.16. The summed E-state index contributed by atoms with van der Waals surface area (Å²) in [7, 11) is 0. The van der Waals surface area contributed by atoms with Crippen LogP contribution in [-0.2, 0) is 6.18 Å². The minimum atomic E-state index is -4.59. The average Bonchev–Trinajstić information content (AvgIpc) is 2.25. The van der Waals surface area contributed by atoms with Crippen molar-refractivity contribution in [1.29, 1.82) is 0 Å². The zero-order chi connectivity index (χ0) is 14.2. The number of amides is 1. The molecule has 1 aromatic rings. The quantitative estimate of drug-likeness (QED) is 0.824. The monoisotopic (exact) mass is 275 g/mol. The summed E-state index contributed by atoms with van der Waals surface area (Å²) in [6.07, 6.45) is -3.05. The van der Waals surface area contributed by atoms with Crippen LogP contribution in [0, 0.1) is 11.7 Å². The van der Waals surface area contributed by atoms with E-state index in [1.807, 2.05) is 6.92 Å². The van der Waals surface area contributed by atoms with Gasteiger partial charge in [0.25, 0.3) is 5.91 Å². The van der Waals surface area contributed by atoms with Crippen LogP contribution < -0.4 is 5.32 Å². The SMILES string of the molecule is CC1CC(NC(=O)c2cc(C(F)(F)F)ccc2F)C1. The van der Waals surface area contributed by atoms with Crippen molar-refractivity contribution in [2.45, 2.75) is 32.0 Å². The molecule has 1 aliphatic rings. The molecule has 19 heavy (non-hydrogen) atoms. The lowest BCUT2D eigenvalue weighted by molar-refractivity contribution is -0.137. The van der Waals surface area contributed by atoms with Crippen LogP contribution >= 0.6 is 0 Å². The van der Waals surface area contributed by atoms with Gasteiger partial charge >= 0.3 is 6.18 Å². The molecule has 1 aromatic carbocycles. The summed E-state index contributed by atoms with van der Waals surface area (Å²) in [5.74, 6) is -1.25. The van der Waals surface area contributed by atoms with E-state index in [1.165, 1.54) is 0 Å². The van der Waals surface area contributed by atoms with E-state index in [9.17, 15) is 22.4 Å². The van der Waals surface area contributed by atoms with Gasteiger partial charge in [-0.25, -0.2) is 4.39 Å². The fraction of sp³-hybridized carbons (Fsp3) is 0.462. The molecule has 104 valence electrons. The number of hydrogen-bond donors (Lipinski definition) is 1. The lowest BCUT2D eigenvalue weighted by Crippen LogP contribution is -2.43. The summed E-state index contributed by atoms with van der Waals surface area (Å²) >= 11 is 0. The standard InChI is InChI=1S/C13H13F4NO/c1-7-4-9(5-7)18-12(19)10-6-8(13(15,16)17)2-3-11(10)14/h2-3,6-7,9H,4-5H2,1H3,(H,18,19). The molecule has 0 unspecified atom stereocenters. The highest BCUT2D eigenvalue weighted by Gasteiger charge is 2.33. The normalized spacial score (nSPS) is 22.8. The van der Waals surface area contributed by atoms with Gasteiger partial charge < -0.3 is 5.32 Å². The highest BCUT2D eigenvalue weighted by molar-refractivity contribution is 5.94. The molecule has 6 heteroatoms. The van der Waals surface area contributed by atoms with Gasteiger partial charge in [0.2, 0.25) is 0 Å². The molecule has 0 aliphatic heterocycles. The molecule has 0 heterocycles. The topological polar surface area (TPSA) is 29.1 Å². The molecular weight excluding hydrogens is 262 g/mol. The lowest BCUT2D eigenvalue weighted by Gasteiger charge is -2.33. The highest BCUT2D eigenvalue weighted by Crippen LogP contribution is 2.31. The first-order valence-corrected chi connectivity index (χ1v) is 5.95. The molecule has 2 rings (SSSR count). The van der Waals surface area contributed by atoms with Crippen LogP contribution in [0.3, 0.4) is 0 Å². The zero-order valence-electron chi connectivity index (χ0n) is 10.2. The maximum absolute atomic E-state index is 13.4. The average molecular weight is 275 g/mol. The number of hydrogen-bond acceptors (Lipinski definition) is 1. The first-order valence-electron chi connectivity index (χ1n) is 5.95. The zero-order valence-corrected chi connectivity index (χ0v) is 10.2. The molecule has 1 N–H and O–H groups in total. The van der Waals surface area contributed by atoms with Crippen LogP contribution in [0.25, 0.3) is 0 Å². The van der Waals surface area contributed by atoms with Gasteiger partial charge in [0, 0.05) is 6.04 Å². The van der Waals surface area contributed by atoms with Crippen molar-refractivity contribution >= 4 is 5.91 Å². The molecule has 2 nitrogen and oxygen atoms in total. The lowest BCUT2D eigenvalue weighted by atomic mass is 9.82. The van der Waals surface area contributed by atoms with Crippen molar-refractivity contribution in [2.24, 2.45) is 5.92 Å². The molecule has 1 aliphatic carbocycles. The first kappa shape index (κ1) is 13.8. The van der Waals surface area contributed by atoms with Crippen molar-refractivity contribution in [2.75, 3.05) is 0 Å². The Morgan fingerprint density at radius 2 is 1.95 bits per heavy atom. The van der Waals surface area contributed by atoms with Gasteiger partial charge in [-0.2, -0.15) is 13.2 Å². The Balaban J connectivity index is 2.16. The maximum atomic E-state index is 13.4. The molecule has 1 amide bonds. The van der Waals surface area contributed by atoms with Gasteiger partial charge in [-0.05, 0) is 37.0 Å². The van der Waals surface area contributed by atoms with Crippen molar-refractivity contribution in [3.63, 3.8) is 0 Å². The summed E-state index contributed by atoms with van der Waals surface area (Å²) in [6.45, 7) is 2.01. The molecule has 0 bridgehead atoms. The molecule has 0 radical (unpaired) electrons. The second-order valence-corrected chi connectivity index (χ2v) is 4.94. The largest absolute Gasteiger partial charge is 0.416 e. The molecule has 0 spiro atoms. The van der Waals surface area contributed by atoms with Crippen LogP contribution in [0.5, 0.6) is 0 Å². The highest BCUT2D eigenvalue weighted by atomic mass is 19.4. The van der Waals surface area contributed by atoms with Crippen LogP contribution in [-0.4, -0.2) is 11.9 Å². The molecular formula is C13H13F4NO. The predicted octanol–water partition coefficient (Wildman–Crippen LogP) is 3.37. The van der Waals surface area contributed by atoms with E-state index in [4.69, 9.17) is 0 Å². The maximum Gasteiger partial charge on any atom is 0.416 e. The summed E-state index contributed by atoms with van der Waals surface area (Å²) in [5.41, 5.74) is -1.59. The molecule has 1 saturated carbocycles. The number of benzene rings is 1. The number of halogens is 4. The Morgan fingerprint density at radius 1 is 1.32 bits per heavy atom. The fourth-order valence-corrected chi connectivity index (χ4v) is 2.16. The van der Waals surface area contributed by atoms with E-state index in [-0.39, 0.29) is 6.04 Å². The second-order valence-electron chi connectivity index (χ2n) is 4.94. The smallest absolute Gasteiger partial charge is 0.349 e. The summed E-state index contributed by atoms with van der Waals surface area (Å²) < 4.78 is 50.9. The predicted molar refractivity (Wildman–Crippen MR) is 61.1 cm³/mol. The Kier molecular flexibility index (Phi) is 3.52. The minimum Gasteiger partial charge on any atom is -0.349 e. The summed E-state index contributed by atoms with van der Waals surface area (Å²) in [6, 6.07) is 1.77. The van der Waals surface area contributed by atoms with E-state index in [0.717, 1.165) is 12.8 Å². The molecule has 0 aromatic heterocycles. The van der Waals surface area contributed by atoms with E-state index < -0.39 is 29.0 Å². The summed E-state index contributed by atoms with van der Waals surface area (Å²) in [4.78, 5) is 11.7. The Labute approximate surface area is 107 Å². The van der Waals surface area contributed by atoms with Crippen LogP contribution in [0.15, 0.2) is 18.2 Å². The van der Waals surface area contributed by atoms with Gasteiger partial charge in [-0.1, -0.05) is 6.92 Å². The first-order chi connectivity index (χ1) is 8.77. The molecule has 0 atom stereocenters. The van der Waals surface area contributed by atoms with Gasteiger partial charge in [0.1, 0.15) is 5.82 Å². The van der Waals surface area contributed by atoms with Crippen LogP contribution in [0.1, 0.15) is 35.7 Å². The third-order valence-corrected chi connectivity index (χ3v) is 3.25. The van der Waals surface area contributed by atoms with Crippen molar-refractivity contribution < 1.29 is 22.4 Å². The van der Waals surface area contributed by atoms with Gasteiger partial charge in [0.15, 0.2) is 0 Å². The van der Waals surface area contributed by atoms with Gasteiger partial charge in [-0.15, -0.1) is 0 Å². The second kappa shape index (κ2) is 4.83. The van der Waals surface area contributed by atoms with Crippen LogP contribution in [0.2, 0.25) is 0 Å². The number of nitrogens with one attached hydrogen (secondary N) is 1. The summed E-state index contributed by atoms with van der Waals surface area (Å²) in [5, 5.41) is 2.54. The van der Waals surface area contributed by atoms with E-state index in [0.29, 0.717) is 24.1 Å². The Hall–Kier alpha value is -1.59. The number of alkyl halides is 3. The number of carbonyl (C=O) groups is 1. The third-order valence-electron chi connectivity index (χ3n) is 3.25. The minimum absolute atomic E-state index is 0.0727. The van der Waals surface area contributed by atoms with Crippen LogP contribution in [0.4, 0.5) is 17.6 Å². The van der Waals surface area contributed by atoms with Crippen molar-refractivity contribution in [3.05, 3.63) is 35.1 Å². The Bertz CT molecular complexity index is 492. The Morgan fingerprint density at radius 3 is 2.47 bits per heavy atom. The molecule has 0 saturated heterocycles. The van der Waals surface area contributed by atoms with Crippen molar-refractivity contribution in [1.82, 2.24) is 5.32 Å². The van der Waals surface area contributed by atoms with E-state index in [2.05, 4.69) is 5.32 Å². The number of carbonyl (C=O) groups excluding carboxylic acids is 1. The van der Waals surface area contributed by atoms with E-state index >= 15 is 0 Å². The molecule has 1 fully saturated rings. The van der Waals surface area contributed by atoms with Gasteiger partial charge in [0.05, 0.1) is 11.1 Å². The number of rotatable bonds is 2. The van der Waals surface area contributed by atoms with Crippen molar-refractivity contribution in [3.8, 4) is 0 Å².